The maximum atomic E-state index is 13.5. The van der Waals surface area contributed by atoms with E-state index in [1.807, 2.05) is 64.1 Å². The van der Waals surface area contributed by atoms with Crippen molar-refractivity contribution in [3.05, 3.63) is 93.6 Å². The van der Waals surface area contributed by atoms with Crippen LogP contribution >= 0.6 is 0 Å². The molecule has 2 unspecified atom stereocenters. The van der Waals surface area contributed by atoms with Crippen molar-refractivity contribution in [1.82, 2.24) is 25.3 Å². The second-order valence-electron chi connectivity index (χ2n) is 14.1. The van der Waals surface area contributed by atoms with Crippen molar-refractivity contribution in [1.29, 1.82) is 0 Å². The number of hydrogen-bond acceptors (Lipinski definition) is 8. The van der Waals surface area contributed by atoms with E-state index in [1.165, 1.54) is 14.2 Å². The van der Waals surface area contributed by atoms with Crippen LogP contribution in [-0.2, 0) is 35.7 Å². The zero-order valence-corrected chi connectivity index (χ0v) is 31.6. The summed E-state index contributed by atoms with van der Waals surface area (Å²) in [5, 5.41) is 2.87. The number of methoxy groups -OCH3 is 2. The molecule has 2 atom stereocenters. The van der Waals surface area contributed by atoms with Crippen molar-refractivity contribution in [2.45, 2.75) is 65.7 Å². The van der Waals surface area contributed by atoms with E-state index in [9.17, 15) is 14.4 Å². The molecule has 6 rings (SSSR count). The lowest BCUT2D eigenvalue weighted by molar-refractivity contribution is -0.145. The van der Waals surface area contributed by atoms with Gasteiger partial charge in [0.1, 0.15) is 0 Å². The molecule has 0 saturated carbocycles. The number of nitrogens with one attached hydrogen (secondary N) is 3. The molecule has 276 valence electrons. The lowest BCUT2D eigenvalue weighted by Crippen LogP contribution is -2.39. The van der Waals surface area contributed by atoms with Crippen LogP contribution in [-0.4, -0.2) is 65.1 Å². The Hall–Kier alpha value is -5.55. The highest BCUT2D eigenvalue weighted by molar-refractivity contribution is 5.95. The van der Waals surface area contributed by atoms with E-state index in [0.717, 1.165) is 83.7 Å². The third-order valence-electron chi connectivity index (χ3n) is 11.0. The first-order valence-corrected chi connectivity index (χ1v) is 17.9. The van der Waals surface area contributed by atoms with Gasteiger partial charge in [-0.1, -0.05) is 30.4 Å². The predicted molar refractivity (Wildman–Crippen MR) is 209 cm³/mol. The second kappa shape index (κ2) is 14.8. The lowest BCUT2D eigenvalue weighted by Gasteiger charge is -2.36. The fourth-order valence-electron chi connectivity index (χ4n) is 7.93. The topological polar surface area (TPSA) is 165 Å². The molecule has 3 aromatic rings. The molecule has 11 nitrogen and oxygen atoms in total. The molecule has 1 aliphatic carbocycles. The van der Waals surface area contributed by atoms with E-state index in [-0.39, 0.29) is 30.7 Å². The largest absolute Gasteiger partial charge is 0.469 e. The first kappa shape index (κ1) is 37.2. The summed E-state index contributed by atoms with van der Waals surface area (Å²) in [5.41, 5.74) is 18.5. The van der Waals surface area contributed by atoms with Crippen LogP contribution in [0.3, 0.4) is 0 Å². The number of carbonyl (C=O) groups excluding carboxylic acids is 3. The fourth-order valence-corrected chi connectivity index (χ4v) is 7.93. The zero-order valence-electron chi connectivity index (χ0n) is 31.6. The molecule has 1 amide bonds. The number of H-pyrrole nitrogens is 2. The van der Waals surface area contributed by atoms with Gasteiger partial charge in [-0.3, -0.25) is 19.4 Å². The van der Waals surface area contributed by atoms with Gasteiger partial charge in [-0.2, -0.15) is 0 Å². The first-order valence-electron chi connectivity index (χ1n) is 17.9. The Kier molecular flexibility index (Phi) is 10.4. The Labute approximate surface area is 309 Å². The van der Waals surface area contributed by atoms with Crippen LogP contribution in [0.1, 0.15) is 85.1 Å². The SMILES string of the molecule is C=Cc1c(C)c2cc3nc(cc4[nH]c(cc5nc(cc1[nH]2)C(C)=C5CCC(=O)NCCN)c(CCC(=O)OC)c4C)C1(C)C3=CC=C(C)C1C(=O)OC. The van der Waals surface area contributed by atoms with E-state index in [4.69, 9.17) is 25.2 Å². The quantitative estimate of drug-likeness (QED) is 0.171. The lowest BCUT2D eigenvalue weighted by atomic mass is 9.64. The highest BCUT2D eigenvalue weighted by Crippen LogP contribution is 2.52. The number of aromatic nitrogens is 4. The third-order valence-corrected chi connectivity index (χ3v) is 11.0. The van der Waals surface area contributed by atoms with Gasteiger partial charge in [0.15, 0.2) is 0 Å². The second-order valence-corrected chi connectivity index (χ2v) is 14.1. The van der Waals surface area contributed by atoms with Crippen molar-refractivity contribution in [3.8, 4) is 0 Å². The Morgan fingerprint density at radius 3 is 2.28 bits per heavy atom. The molecule has 5 heterocycles. The highest BCUT2D eigenvalue weighted by atomic mass is 16.5. The van der Waals surface area contributed by atoms with Gasteiger partial charge in [0, 0.05) is 53.6 Å². The highest BCUT2D eigenvalue weighted by Gasteiger charge is 2.51. The minimum Gasteiger partial charge on any atom is -0.469 e. The molecule has 2 aliphatic heterocycles. The number of fused-ring (bicyclic) bond motifs is 11. The number of nitrogens with zero attached hydrogens (tertiary/aromatic N) is 2. The zero-order chi connectivity index (χ0) is 38.2. The number of carbonyl (C=O) groups is 3. The molecule has 0 saturated heterocycles. The van der Waals surface area contributed by atoms with Crippen molar-refractivity contribution >= 4 is 62.7 Å². The molecule has 8 bridgehead atoms. The van der Waals surface area contributed by atoms with Gasteiger partial charge in [0.05, 0.1) is 48.3 Å². The average Bonchev–Trinajstić information content (AvgIpc) is 3.79. The Morgan fingerprint density at radius 1 is 0.887 bits per heavy atom. The molecule has 0 fully saturated rings. The van der Waals surface area contributed by atoms with Gasteiger partial charge < -0.3 is 30.5 Å². The number of amides is 1. The van der Waals surface area contributed by atoms with E-state index < -0.39 is 11.3 Å². The summed E-state index contributed by atoms with van der Waals surface area (Å²) in [5.74, 6) is -1.34. The summed E-state index contributed by atoms with van der Waals surface area (Å²) in [4.78, 5) is 56.3. The minimum absolute atomic E-state index is 0.0836. The van der Waals surface area contributed by atoms with E-state index in [2.05, 4.69) is 34.9 Å². The molecule has 0 radical (unpaired) electrons. The smallest absolute Gasteiger partial charge is 0.314 e. The van der Waals surface area contributed by atoms with Crippen molar-refractivity contribution in [2.24, 2.45) is 11.7 Å². The number of allylic oxidation sites excluding steroid dienone is 5. The molecule has 11 heteroatoms. The first-order chi connectivity index (χ1) is 25.4. The molecular formula is C42H48N6O5. The molecule has 3 aromatic heterocycles. The monoisotopic (exact) mass is 716 g/mol. The number of hydrogen-bond donors (Lipinski definition) is 4. The van der Waals surface area contributed by atoms with Crippen LogP contribution in [0, 0.1) is 19.8 Å². The van der Waals surface area contributed by atoms with Crippen LogP contribution in [0.15, 0.2) is 48.6 Å². The molecule has 5 N–H and O–H groups in total. The number of rotatable bonds is 10. The van der Waals surface area contributed by atoms with Crippen molar-refractivity contribution < 1.29 is 23.9 Å². The molecular weight excluding hydrogens is 668 g/mol. The fraction of sp³-hybridized carbons (Fsp3) is 0.357. The van der Waals surface area contributed by atoms with Gasteiger partial charge in [-0.15, -0.1) is 0 Å². The summed E-state index contributed by atoms with van der Waals surface area (Å²) in [6, 6.07) is 8.06. The standard InChI is InChI=1S/C42H48N6O5/c1-9-26-23(3)31-19-36-29-13-10-22(2)40(41(51)53-8)42(29,6)37(48-36)21-32-25(5)28(12-15-39(50)52-7)35(47-32)20-34-27(11-14-38(49)44-17-16-43)24(4)30(46-34)18-33(26)45-31/h9-10,13,18-21,40,45,47H,1,11-12,14-17,43H2,2-8H3,(H,44,49). The number of ether oxygens (including phenoxy) is 2. The summed E-state index contributed by atoms with van der Waals surface area (Å²) in [6.07, 6.45) is 7.20. The number of aryl methyl sites for hydroxylation is 3. The Morgan fingerprint density at radius 2 is 1.58 bits per heavy atom. The van der Waals surface area contributed by atoms with Gasteiger partial charge in [-0.25, -0.2) is 4.98 Å². The van der Waals surface area contributed by atoms with Crippen LogP contribution < -0.4 is 11.1 Å². The normalized spacial score (nSPS) is 17.8. The number of nitrogens with two attached hydrogens (primary N) is 1. The van der Waals surface area contributed by atoms with Crippen LogP contribution in [0.25, 0.3) is 44.9 Å². The maximum Gasteiger partial charge on any atom is 0.314 e. The molecule has 3 aliphatic rings. The number of esters is 2. The van der Waals surface area contributed by atoms with Gasteiger partial charge in [-0.05, 0) is 105 Å². The summed E-state index contributed by atoms with van der Waals surface area (Å²) in [6.45, 7) is 15.0. The van der Waals surface area contributed by atoms with Crippen LogP contribution in [0.2, 0.25) is 0 Å². The van der Waals surface area contributed by atoms with Gasteiger partial charge >= 0.3 is 11.9 Å². The molecule has 0 aromatic carbocycles. The van der Waals surface area contributed by atoms with Crippen molar-refractivity contribution in [2.75, 3.05) is 27.3 Å². The predicted octanol–water partition coefficient (Wildman–Crippen LogP) is 6.56. The van der Waals surface area contributed by atoms with E-state index in [1.54, 1.807) is 0 Å². The summed E-state index contributed by atoms with van der Waals surface area (Å²) < 4.78 is 10.4. The van der Waals surface area contributed by atoms with Crippen LogP contribution in [0.4, 0.5) is 0 Å². The summed E-state index contributed by atoms with van der Waals surface area (Å²) in [7, 11) is 2.80. The van der Waals surface area contributed by atoms with Gasteiger partial charge in [0.25, 0.3) is 0 Å². The average molecular weight is 717 g/mol. The Balaban J connectivity index is 1.71. The number of aromatic amines is 2. The minimum atomic E-state index is -0.841. The van der Waals surface area contributed by atoms with Gasteiger partial charge in [0.2, 0.25) is 5.91 Å². The summed E-state index contributed by atoms with van der Waals surface area (Å²) >= 11 is 0. The molecule has 53 heavy (non-hydrogen) atoms. The third kappa shape index (κ3) is 6.65. The van der Waals surface area contributed by atoms with E-state index in [0.29, 0.717) is 31.6 Å². The van der Waals surface area contributed by atoms with E-state index >= 15 is 0 Å². The van der Waals surface area contributed by atoms with Crippen LogP contribution in [0.5, 0.6) is 0 Å². The molecule has 0 spiro atoms. The van der Waals surface area contributed by atoms with Crippen molar-refractivity contribution in [3.63, 3.8) is 0 Å². The maximum absolute atomic E-state index is 13.5. The Bertz CT molecular complexity index is 2300.